The highest BCUT2D eigenvalue weighted by Crippen LogP contribution is 2.21. The van der Waals surface area contributed by atoms with Gasteiger partial charge in [0, 0.05) is 29.0 Å². The second-order valence-corrected chi connectivity index (χ2v) is 6.08. The molecule has 0 spiro atoms. The molecule has 24 heavy (non-hydrogen) atoms. The number of benzene rings is 2. The molecular formula is C17H13Cl2N3O2. The summed E-state index contributed by atoms with van der Waals surface area (Å²) in [4.78, 5) is 24.6. The Morgan fingerprint density at radius 1 is 1.17 bits per heavy atom. The van der Waals surface area contributed by atoms with Crippen LogP contribution in [0.25, 0.3) is 10.8 Å². The maximum atomic E-state index is 12.5. The number of nitrogens with zero attached hydrogens (tertiary/aromatic N) is 2. The van der Waals surface area contributed by atoms with E-state index in [2.05, 4.69) is 10.4 Å². The zero-order valence-electron chi connectivity index (χ0n) is 12.7. The van der Waals surface area contributed by atoms with Crippen LogP contribution in [0.5, 0.6) is 0 Å². The fourth-order valence-electron chi connectivity index (χ4n) is 2.39. The summed E-state index contributed by atoms with van der Waals surface area (Å²) < 4.78 is 1.16. The van der Waals surface area contributed by atoms with Crippen LogP contribution in [0, 0.1) is 0 Å². The average Bonchev–Trinajstić information content (AvgIpc) is 2.57. The zero-order valence-corrected chi connectivity index (χ0v) is 14.2. The SMILES string of the molecule is Cn1nc(C(=O)NCc2ccc(Cl)cc2Cl)c2ccccc2c1=O. The second-order valence-electron chi connectivity index (χ2n) is 5.24. The molecule has 7 heteroatoms. The molecule has 5 nitrogen and oxygen atoms in total. The number of aromatic nitrogens is 2. The van der Waals surface area contributed by atoms with Gasteiger partial charge in [-0.3, -0.25) is 9.59 Å². The summed E-state index contributed by atoms with van der Waals surface area (Å²) in [6.45, 7) is 0.230. The first kappa shape index (κ1) is 16.5. The number of carbonyl (C=O) groups is 1. The number of fused-ring (bicyclic) bond motifs is 1. The molecule has 0 unspecified atom stereocenters. The van der Waals surface area contributed by atoms with Crippen LogP contribution >= 0.6 is 23.2 Å². The molecule has 3 rings (SSSR count). The molecule has 1 N–H and O–H groups in total. The van der Waals surface area contributed by atoms with Crippen molar-refractivity contribution in [2.45, 2.75) is 6.54 Å². The maximum absolute atomic E-state index is 12.5. The van der Waals surface area contributed by atoms with Crippen molar-refractivity contribution in [2.75, 3.05) is 0 Å². The van der Waals surface area contributed by atoms with Gasteiger partial charge in [0.05, 0.1) is 5.39 Å². The number of hydrogen-bond acceptors (Lipinski definition) is 3. The molecule has 0 radical (unpaired) electrons. The van der Waals surface area contributed by atoms with Gasteiger partial charge in [-0.05, 0) is 23.8 Å². The third-order valence-electron chi connectivity index (χ3n) is 3.63. The molecule has 0 atom stereocenters. The molecule has 0 aliphatic heterocycles. The minimum Gasteiger partial charge on any atom is -0.346 e. The molecular weight excluding hydrogens is 349 g/mol. The first-order chi connectivity index (χ1) is 11.5. The van der Waals surface area contributed by atoms with Crippen molar-refractivity contribution in [2.24, 2.45) is 7.05 Å². The normalized spacial score (nSPS) is 10.8. The van der Waals surface area contributed by atoms with E-state index >= 15 is 0 Å². The maximum Gasteiger partial charge on any atom is 0.274 e. The number of nitrogens with one attached hydrogen (secondary N) is 1. The van der Waals surface area contributed by atoms with Crippen molar-refractivity contribution < 1.29 is 4.79 Å². The molecule has 2 aromatic carbocycles. The van der Waals surface area contributed by atoms with Gasteiger partial charge in [-0.1, -0.05) is 47.5 Å². The van der Waals surface area contributed by atoms with Crippen LogP contribution in [0.1, 0.15) is 16.1 Å². The molecule has 3 aromatic rings. The fourth-order valence-corrected chi connectivity index (χ4v) is 2.87. The first-order valence-electron chi connectivity index (χ1n) is 7.15. The van der Waals surface area contributed by atoms with E-state index in [0.717, 1.165) is 10.2 Å². The van der Waals surface area contributed by atoms with Gasteiger partial charge >= 0.3 is 0 Å². The van der Waals surface area contributed by atoms with Gasteiger partial charge in [-0.25, -0.2) is 4.68 Å². The van der Waals surface area contributed by atoms with Crippen LogP contribution in [0.15, 0.2) is 47.3 Å². The highest BCUT2D eigenvalue weighted by Gasteiger charge is 2.15. The number of carbonyl (C=O) groups excluding carboxylic acids is 1. The molecule has 0 saturated heterocycles. The summed E-state index contributed by atoms with van der Waals surface area (Å²) in [5.74, 6) is -0.382. The summed E-state index contributed by atoms with van der Waals surface area (Å²) in [7, 11) is 1.52. The molecule has 0 aliphatic carbocycles. The van der Waals surface area contributed by atoms with Gasteiger partial charge < -0.3 is 5.32 Å². The Kier molecular flexibility index (Phi) is 4.55. The van der Waals surface area contributed by atoms with E-state index in [1.54, 1.807) is 42.5 Å². The third-order valence-corrected chi connectivity index (χ3v) is 4.21. The molecule has 0 fully saturated rings. The summed E-state index contributed by atoms with van der Waals surface area (Å²) >= 11 is 12.0. The van der Waals surface area contributed by atoms with Crippen LogP contribution in [-0.4, -0.2) is 15.7 Å². The quantitative estimate of drug-likeness (QED) is 0.779. The molecule has 0 bridgehead atoms. The lowest BCUT2D eigenvalue weighted by atomic mass is 10.1. The Morgan fingerprint density at radius 2 is 1.88 bits per heavy atom. The van der Waals surface area contributed by atoms with Gasteiger partial charge in [0.25, 0.3) is 11.5 Å². The minimum absolute atomic E-state index is 0.192. The van der Waals surface area contributed by atoms with Gasteiger partial charge in [0.1, 0.15) is 0 Å². The molecule has 122 valence electrons. The second kappa shape index (κ2) is 6.63. The van der Waals surface area contributed by atoms with E-state index in [1.165, 1.54) is 7.05 Å². The van der Waals surface area contributed by atoms with Gasteiger partial charge in [0.2, 0.25) is 0 Å². The highest BCUT2D eigenvalue weighted by atomic mass is 35.5. The lowest BCUT2D eigenvalue weighted by molar-refractivity contribution is 0.0945. The van der Waals surface area contributed by atoms with E-state index in [4.69, 9.17) is 23.2 Å². The number of aryl methyl sites for hydroxylation is 1. The summed E-state index contributed by atoms with van der Waals surface area (Å²) in [5, 5.41) is 8.82. The van der Waals surface area contributed by atoms with Gasteiger partial charge in [0.15, 0.2) is 5.69 Å². The Morgan fingerprint density at radius 3 is 2.58 bits per heavy atom. The number of halogens is 2. The highest BCUT2D eigenvalue weighted by molar-refractivity contribution is 6.35. The third kappa shape index (κ3) is 3.13. The molecule has 0 saturated carbocycles. The zero-order chi connectivity index (χ0) is 17.3. The lowest BCUT2D eigenvalue weighted by Gasteiger charge is -2.10. The predicted octanol–water partition coefficient (Wildman–Crippen LogP) is 3.17. The van der Waals surface area contributed by atoms with Crippen LogP contribution in [0.2, 0.25) is 10.0 Å². The van der Waals surface area contributed by atoms with E-state index < -0.39 is 0 Å². The average molecular weight is 362 g/mol. The monoisotopic (exact) mass is 361 g/mol. The van der Waals surface area contributed by atoms with Crippen LogP contribution in [0.3, 0.4) is 0 Å². The van der Waals surface area contributed by atoms with Crippen molar-refractivity contribution >= 4 is 39.9 Å². The smallest absolute Gasteiger partial charge is 0.274 e. The number of rotatable bonds is 3. The molecule has 1 aromatic heterocycles. The fraction of sp³-hybridized carbons (Fsp3) is 0.118. The van der Waals surface area contributed by atoms with E-state index in [-0.39, 0.29) is 23.7 Å². The van der Waals surface area contributed by atoms with Crippen molar-refractivity contribution in [1.82, 2.24) is 15.1 Å². The Hall–Kier alpha value is -2.37. The Bertz CT molecular complexity index is 999. The predicted molar refractivity (Wildman–Crippen MR) is 94.6 cm³/mol. The van der Waals surface area contributed by atoms with Crippen LogP contribution < -0.4 is 10.9 Å². The lowest BCUT2D eigenvalue weighted by Crippen LogP contribution is -2.29. The van der Waals surface area contributed by atoms with Crippen LogP contribution in [0.4, 0.5) is 0 Å². The van der Waals surface area contributed by atoms with Crippen molar-refractivity contribution in [3.8, 4) is 0 Å². The van der Waals surface area contributed by atoms with E-state index in [0.29, 0.717) is 20.8 Å². The topological polar surface area (TPSA) is 64.0 Å². The molecule has 1 heterocycles. The molecule has 0 aliphatic rings. The van der Waals surface area contributed by atoms with Crippen molar-refractivity contribution in [3.63, 3.8) is 0 Å². The minimum atomic E-state index is -0.382. The Balaban J connectivity index is 1.92. The summed E-state index contributed by atoms with van der Waals surface area (Å²) in [6, 6.07) is 12.0. The largest absolute Gasteiger partial charge is 0.346 e. The summed E-state index contributed by atoms with van der Waals surface area (Å²) in [6.07, 6.45) is 0. The Labute approximate surface area is 147 Å². The first-order valence-corrected chi connectivity index (χ1v) is 7.91. The molecule has 1 amide bonds. The van der Waals surface area contributed by atoms with Gasteiger partial charge in [-0.2, -0.15) is 5.10 Å². The number of hydrogen-bond donors (Lipinski definition) is 1. The standard InChI is InChI=1S/C17H13Cl2N3O2/c1-22-17(24)13-5-3-2-4-12(13)15(21-22)16(23)20-9-10-6-7-11(18)8-14(10)19/h2-8H,9H2,1H3,(H,20,23). The van der Waals surface area contributed by atoms with Crippen molar-refractivity contribution in [1.29, 1.82) is 0 Å². The summed E-state index contributed by atoms with van der Waals surface area (Å²) in [5.41, 5.74) is 0.684. The van der Waals surface area contributed by atoms with E-state index in [9.17, 15) is 9.59 Å². The van der Waals surface area contributed by atoms with E-state index in [1.807, 2.05) is 0 Å². The van der Waals surface area contributed by atoms with Gasteiger partial charge in [-0.15, -0.1) is 0 Å². The van der Waals surface area contributed by atoms with Crippen LogP contribution in [-0.2, 0) is 13.6 Å². The number of amides is 1. The van der Waals surface area contributed by atoms with Crippen molar-refractivity contribution in [3.05, 3.63) is 74.1 Å².